The van der Waals surface area contributed by atoms with Gasteiger partial charge in [0.2, 0.25) is 5.91 Å². The van der Waals surface area contributed by atoms with E-state index in [-0.39, 0.29) is 18.3 Å². The summed E-state index contributed by atoms with van der Waals surface area (Å²) in [4.78, 5) is 23.8. The van der Waals surface area contributed by atoms with Crippen LogP contribution in [0.3, 0.4) is 0 Å². The second-order valence-corrected chi connectivity index (χ2v) is 4.05. The molecule has 0 aliphatic carbocycles. The molecule has 0 unspecified atom stereocenters. The van der Waals surface area contributed by atoms with Gasteiger partial charge in [0.15, 0.2) is 0 Å². The molecular formula is C13H16ClNO2. The highest BCUT2D eigenvalue weighted by atomic mass is 35.5. The summed E-state index contributed by atoms with van der Waals surface area (Å²) in [6.07, 6.45) is 1.60. The molecule has 4 heteroatoms. The van der Waals surface area contributed by atoms with Gasteiger partial charge < -0.3 is 9.69 Å². The van der Waals surface area contributed by atoms with Gasteiger partial charge in [0.1, 0.15) is 12.2 Å². The van der Waals surface area contributed by atoms with E-state index < -0.39 is 0 Å². The molecule has 0 fully saturated rings. The van der Waals surface area contributed by atoms with Gasteiger partial charge in [-0.2, -0.15) is 0 Å². The molecule has 92 valence electrons. The van der Waals surface area contributed by atoms with E-state index >= 15 is 0 Å². The molecule has 0 aliphatic rings. The standard InChI is InChI=1S/C13H16ClNO2/c1-3-11-5-4-10(2)12(8-11)15(6-7-16)13(17)9-14/h4-5,7-8H,3,6,9H2,1-2H3. The van der Waals surface area contributed by atoms with Crippen LogP contribution in [-0.4, -0.2) is 24.6 Å². The smallest absolute Gasteiger partial charge is 0.242 e. The third-order valence-corrected chi connectivity index (χ3v) is 2.87. The van der Waals surface area contributed by atoms with E-state index in [1.165, 1.54) is 4.90 Å². The van der Waals surface area contributed by atoms with Gasteiger partial charge in [-0.1, -0.05) is 19.1 Å². The highest BCUT2D eigenvalue weighted by Gasteiger charge is 2.16. The van der Waals surface area contributed by atoms with Crippen molar-refractivity contribution in [2.75, 3.05) is 17.3 Å². The van der Waals surface area contributed by atoms with Crippen molar-refractivity contribution in [3.63, 3.8) is 0 Å². The molecule has 0 aromatic heterocycles. The van der Waals surface area contributed by atoms with Gasteiger partial charge in [-0.15, -0.1) is 11.6 Å². The fourth-order valence-electron chi connectivity index (χ4n) is 1.65. The van der Waals surface area contributed by atoms with Crippen LogP contribution in [0.5, 0.6) is 0 Å². The van der Waals surface area contributed by atoms with Gasteiger partial charge >= 0.3 is 0 Å². The first-order valence-corrected chi connectivity index (χ1v) is 6.07. The molecule has 0 atom stereocenters. The molecule has 1 rings (SSSR count). The first-order valence-electron chi connectivity index (χ1n) is 5.53. The number of hydrogen-bond donors (Lipinski definition) is 0. The lowest BCUT2D eigenvalue weighted by molar-refractivity contribution is -0.117. The molecular weight excluding hydrogens is 238 g/mol. The second kappa shape index (κ2) is 6.40. The topological polar surface area (TPSA) is 37.4 Å². The Balaban J connectivity index is 3.16. The molecule has 1 aromatic carbocycles. The molecule has 3 nitrogen and oxygen atoms in total. The Hall–Kier alpha value is -1.35. The number of halogens is 1. The van der Waals surface area contributed by atoms with Gasteiger partial charge in [0.05, 0.1) is 6.54 Å². The zero-order valence-corrected chi connectivity index (χ0v) is 10.8. The van der Waals surface area contributed by atoms with Gasteiger partial charge in [0.25, 0.3) is 0 Å². The summed E-state index contributed by atoms with van der Waals surface area (Å²) in [6, 6.07) is 5.90. The lowest BCUT2D eigenvalue weighted by Crippen LogP contribution is -2.34. The number of benzene rings is 1. The van der Waals surface area contributed by atoms with Crippen LogP contribution in [-0.2, 0) is 16.0 Å². The van der Waals surface area contributed by atoms with Crippen LogP contribution in [0, 0.1) is 6.92 Å². The molecule has 0 aliphatic heterocycles. The summed E-state index contributed by atoms with van der Waals surface area (Å²) in [7, 11) is 0. The number of amides is 1. The molecule has 1 aromatic rings. The van der Waals surface area contributed by atoms with Crippen LogP contribution in [0.15, 0.2) is 18.2 Å². The maximum Gasteiger partial charge on any atom is 0.242 e. The lowest BCUT2D eigenvalue weighted by Gasteiger charge is -2.22. The minimum atomic E-state index is -0.255. The van der Waals surface area contributed by atoms with Crippen molar-refractivity contribution < 1.29 is 9.59 Å². The SMILES string of the molecule is CCc1ccc(C)c(N(CC=O)C(=O)CCl)c1. The normalized spacial score (nSPS) is 10.1. The maximum absolute atomic E-state index is 11.7. The highest BCUT2D eigenvalue weighted by Crippen LogP contribution is 2.22. The van der Waals surface area contributed by atoms with E-state index in [4.69, 9.17) is 11.6 Å². The van der Waals surface area contributed by atoms with E-state index in [0.717, 1.165) is 23.2 Å². The summed E-state index contributed by atoms with van der Waals surface area (Å²) in [5.74, 6) is -0.376. The molecule has 17 heavy (non-hydrogen) atoms. The highest BCUT2D eigenvalue weighted by molar-refractivity contribution is 6.29. The average Bonchev–Trinajstić information content (AvgIpc) is 2.36. The van der Waals surface area contributed by atoms with Crippen LogP contribution >= 0.6 is 11.6 Å². The summed E-state index contributed by atoms with van der Waals surface area (Å²) in [5, 5.41) is 0. The van der Waals surface area contributed by atoms with Crippen molar-refractivity contribution in [1.29, 1.82) is 0 Å². The summed E-state index contributed by atoms with van der Waals surface area (Å²) >= 11 is 5.55. The number of carbonyl (C=O) groups excluding carboxylic acids is 2. The number of carbonyl (C=O) groups is 2. The Morgan fingerprint density at radius 2 is 2.18 bits per heavy atom. The average molecular weight is 254 g/mol. The van der Waals surface area contributed by atoms with Crippen molar-refractivity contribution in [1.82, 2.24) is 0 Å². The van der Waals surface area contributed by atoms with E-state index in [1.54, 1.807) is 0 Å². The first kappa shape index (κ1) is 13.7. The van der Waals surface area contributed by atoms with Gasteiger partial charge in [-0.25, -0.2) is 0 Å². The molecule has 0 N–H and O–H groups in total. The Labute approximate surface area is 106 Å². The van der Waals surface area contributed by atoms with Gasteiger partial charge in [-0.05, 0) is 30.5 Å². The van der Waals surface area contributed by atoms with E-state index in [2.05, 4.69) is 0 Å². The van der Waals surface area contributed by atoms with Crippen molar-refractivity contribution in [2.24, 2.45) is 0 Å². The molecule has 1 amide bonds. The Bertz CT molecular complexity index is 418. The summed E-state index contributed by atoms with van der Waals surface area (Å²) in [5.41, 5.74) is 2.86. The minimum absolute atomic E-state index is 0.0412. The van der Waals surface area contributed by atoms with Crippen LogP contribution < -0.4 is 4.90 Å². The Morgan fingerprint density at radius 3 is 2.71 bits per heavy atom. The largest absolute Gasteiger partial charge is 0.304 e. The van der Waals surface area contributed by atoms with Gasteiger partial charge in [0, 0.05) is 5.69 Å². The summed E-state index contributed by atoms with van der Waals surface area (Å²) in [6.45, 7) is 4.00. The second-order valence-electron chi connectivity index (χ2n) is 3.78. The fourth-order valence-corrected chi connectivity index (χ4v) is 1.79. The fraction of sp³-hybridized carbons (Fsp3) is 0.385. The number of anilines is 1. The third-order valence-electron chi connectivity index (χ3n) is 2.65. The van der Waals surface area contributed by atoms with Crippen LogP contribution in [0.25, 0.3) is 0 Å². The molecule has 0 bridgehead atoms. The number of nitrogens with zero attached hydrogens (tertiary/aromatic N) is 1. The predicted molar refractivity (Wildman–Crippen MR) is 69.7 cm³/mol. The zero-order valence-electron chi connectivity index (χ0n) is 10.1. The number of alkyl halides is 1. The van der Waals surface area contributed by atoms with E-state index in [0.29, 0.717) is 6.29 Å². The van der Waals surface area contributed by atoms with Crippen LogP contribution in [0.2, 0.25) is 0 Å². The zero-order chi connectivity index (χ0) is 12.8. The molecule has 0 radical (unpaired) electrons. The van der Waals surface area contributed by atoms with Crippen LogP contribution in [0.1, 0.15) is 18.1 Å². The van der Waals surface area contributed by atoms with Crippen molar-refractivity contribution in [3.8, 4) is 0 Å². The number of aryl methyl sites for hydroxylation is 2. The predicted octanol–water partition coefficient (Wildman–Crippen LogP) is 2.33. The number of aldehydes is 1. The molecule has 0 heterocycles. The minimum Gasteiger partial charge on any atom is -0.304 e. The van der Waals surface area contributed by atoms with Crippen molar-refractivity contribution >= 4 is 29.5 Å². The number of rotatable bonds is 5. The number of hydrogen-bond acceptors (Lipinski definition) is 2. The monoisotopic (exact) mass is 253 g/mol. The van der Waals surface area contributed by atoms with E-state index in [1.807, 2.05) is 32.0 Å². The van der Waals surface area contributed by atoms with Crippen molar-refractivity contribution in [2.45, 2.75) is 20.3 Å². The lowest BCUT2D eigenvalue weighted by atomic mass is 10.1. The Morgan fingerprint density at radius 1 is 1.47 bits per heavy atom. The molecule has 0 saturated carbocycles. The van der Waals surface area contributed by atoms with E-state index in [9.17, 15) is 9.59 Å². The van der Waals surface area contributed by atoms with Gasteiger partial charge in [-0.3, -0.25) is 4.79 Å². The van der Waals surface area contributed by atoms with Crippen molar-refractivity contribution in [3.05, 3.63) is 29.3 Å². The van der Waals surface area contributed by atoms with Crippen LogP contribution in [0.4, 0.5) is 5.69 Å². The maximum atomic E-state index is 11.7. The quantitative estimate of drug-likeness (QED) is 0.597. The summed E-state index contributed by atoms with van der Waals surface area (Å²) < 4.78 is 0. The molecule has 0 spiro atoms. The third kappa shape index (κ3) is 3.30. The Kier molecular flexibility index (Phi) is 5.16. The first-order chi connectivity index (χ1) is 8.13. The molecule has 0 saturated heterocycles.